The Labute approximate surface area is 90.2 Å². The quantitative estimate of drug-likeness (QED) is 0.871. The molecule has 0 saturated carbocycles. The third-order valence-electron chi connectivity index (χ3n) is 1.78. The predicted molar refractivity (Wildman–Crippen MR) is 51.5 cm³/mol. The van der Waals surface area contributed by atoms with E-state index in [2.05, 4.69) is 4.74 Å². The summed E-state index contributed by atoms with van der Waals surface area (Å²) in [6.07, 6.45) is 0. The molecule has 0 aliphatic rings. The molecule has 82 valence electrons. The molecule has 0 atom stereocenters. The molecule has 0 saturated heterocycles. The lowest BCUT2D eigenvalue weighted by Gasteiger charge is -2.11. The molecule has 0 fully saturated rings. The van der Waals surface area contributed by atoms with Crippen LogP contribution in [0.3, 0.4) is 0 Å². The molecular weight excluding hydrogens is 227 g/mol. The van der Waals surface area contributed by atoms with Crippen molar-refractivity contribution in [2.45, 2.75) is 0 Å². The van der Waals surface area contributed by atoms with Crippen molar-refractivity contribution in [1.29, 1.82) is 0 Å². The van der Waals surface area contributed by atoms with Crippen molar-refractivity contribution in [1.82, 2.24) is 0 Å². The molecule has 0 amide bonds. The van der Waals surface area contributed by atoms with E-state index in [1.165, 1.54) is 7.11 Å². The standard InChI is InChI=1S/C9H8ClFO4/c1-14-5-3-4(10)7(11)8(15-2)6(5)9(12)13/h3H,1-2H3,(H,12,13). The second kappa shape index (κ2) is 4.35. The van der Waals surface area contributed by atoms with Crippen molar-refractivity contribution >= 4 is 17.6 Å². The zero-order valence-corrected chi connectivity index (χ0v) is 8.76. The summed E-state index contributed by atoms with van der Waals surface area (Å²) in [7, 11) is 2.41. The van der Waals surface area contributed by atoms with Crippen LogP contribution in [0.4, 0.5) is 4.39 Å². The highest BCUT2D eigenvalue weighted by atomic mass is 35.5. The maximum atomic E-state index is 13.4. The van der Waals surface area contributed by atoms with Gasteiger partial charge in [0.15, 0.2) is 11.6 Å². The van der Waals surface area contributed by atoms with Crippen LogP contribution < -0.4 is 9.47 Å². The van der Waals surface area contributed by atoms with Crippen LogP contribution in [0.1, 0.15) is 10.4 Å². The molecule has 0 aliphatic carbocycles. The number of benzene rings is 1. The lowest BCUT2D eigenvalue weighted by Crippen LogP contribution is -2.06. The summed E-state index contributed by atoms with van der Waals surface area (Å²) in [5, 5.41) is 8.60. The van der Waals surface area contributed by atoms with Gasteiger partial charge in [0.2, 0.25) is 0 Å². The van der Waals surface area contributed by atoms with E-state index in [4.69, 9.17) is 21.4 Å². The maximum Gasteiger partial charge on any atom is 0.343 e. The van der Waals surface area contributed by atoms with Crippen LogP contribution in [-0.4, -0.2) is 25.3 Å². The Balaban J connectivity index is 3.56. The summed E-state index contributed by atoms with van der Waals surface area (Å²) in [6.45, 7) is 0. The first-order valence-electron chi connectivity index (χ1n) is 3.86. The molecule has 6 heteroatoms. The van der Waals surface area contributed by atoms with E-state index in [9.17, 15) is 9.18 Å². The van der Waals surface area contributed by atoms with Crippen LogP contribution in [0.15, 0.2) is 6.07 Å². The van der Waals surface area contributed by atoms with Crippen molar-refractivity contribution in [3.8, 4) is 11.5 Å². The number of carbonyl (C=O) groups is 1. The Kier molecular flexibility index (Phi) is 3.36. The van der Waals surface area contributed by atoms with E-state index in [-0.39, 0.29) is 16.3 Å². The van der Waals surface area contributed by atoms with Crippen molar-refractivity contribution < 1.29 is 23.8 Å². The van der Waals surface area contributed by atoms with Crippen LogP contribution in [0, 0.1) is 5.82 Å². The van der Waals surface area contributed by atoms with Crippen LogP contribution >= 0.6 is 11.6 Å². The molecule has 0 radical (unpaired) electrons. The Morgan fingerprint density at radius 2 is 2.07 bits per heavy atom. The number of halogens is 2. The predicted octanol–water partition coefficient (Wildman–Crippen LogP) is 2.19. The van der Waals surface area contributed by atoms with E-state index in [1.807, 2.05) is 0 Å². The fourth-order valence-electron chi connectivity index (χ4n) is 1.14. The van der Waals surface area contributed by atoms with Crippen LogP contribution in [0.5, 0.6) is 11.5 Å². The number of aromatic carboxylic acids is 1. The Morgan fingerprint density at radius 3 is 2.47 bits per heavy atom. The molecular formula is C9H8ClFO4. The van der Waals surface area contributed by atoms with E-state index in [1.54, 1.807) is 0 Å². The SMILES string of the molecule is COc1cc(Cl)c(F)c(OC)c1C(=O)O. The summed E-state index contributed by atoms with van der Waals surface area (Å²) >= 11 is 5.53. The summed E-state index contributed by atoms with van der Waals surface area (Å²) < 4.78 is 22.8. The Morgan fingerprint density at radius 1 is 1.47 bits per heavy atom. The molecule has 4 nitrogen and oxygen atoms in total. The summed E-state index contributed by atoms with van der Waals surface area (Å²) in [6, 6.07) is 1.09. The van der Waals surface area contributed by atoms with Crippen molar-refractivity contribution in [3.63, 3.8) is 0 Å². The van der Waals surface area contributed by atoms with Gasteiger partial charge in [0.05, 0.1) is 19.2 Å². The zero-order valence-electron chi connectivity index (χ0n) is 8.01. The second-order valence-electron chi connectivity index (χ2n) is 2.59. The number of methoxy groups -OCH3 is 2. The van der Waals surface area contributed by atoms with Gasteiger partial charge in [0.1, 0.15) is 11.3 Å². The second-order valence-corrected chi connectivity index (χ2v) is 3.00. The van der Waals surface area contributed by atoms with Gasteiger partial charge in [-0.25, -0.2) is 9.18 Å². The van der Waals surface area contributed by atoms with Crippen molar-refractivity contribution in [3.05, 3.63) is 22.5 Å². The summed E-state index contributed by atoms with van der Waals surface area (Å²) in [4.78, 5) is 10.9. The first kappa shape index (κ1) is 11.6. The summed E-state index contributed by atoms with van der Waals surface area (Å²) in [5.41, 5.74) is -0.387. The molecule has 0 aromatic heterocycles. The normalized spacial score (nSPS) is 9.87. The highest BCUT2D eigenvalue weighted by Gasteiger charge is 2.23. The van der Waals surface area contributed by atoms with Crippen molar-refractivity contribution in [2.75, 3.05) is 14.2 Å². The first-order chi connectivity index (χ1) is 7.02. The topological polar surface area (TPSA) is 55.8 Å². The van der Waals surface area contributed by atoms with Gasteiger partial charge < -0.3 is 14.6 Å². The maximum absolute atomic E-state index is 13.4. The smallest absolute Gasteiger partial charge is 0.343 e. The van der Waals surface area contributed by atoms with E-state index < -0.39 is 17.5 Å². The van der Waals surface area contributed by atoms with Gasteiger partial charge >= 0.3 is 5.97 Å². The molecule has 15 heavy (non-hydrogen) atoms. The van der Waals surface area contributed by atoms with Crippen LogP contribution in [-0.2, 0) is 0 Å². The minimum absolute atomic E-state index is 0.0502. The molecule has 0 aliphatic heterocycles. The van der Waals surface area contributed by atoms with E-state index >= 15 is 0 Å². The highest BCUT2D eigenvalue weighted by molar-refractivity contribution is 6.31. The average molecular weight is 235 g/mol. The fraction of sp³-hybridized carbons (Fsp3) is 0.222. The van der Waals surface area contributed by atoms with Gasteiger partial charge in [-0.05, 0) is 0 Å². The lowest BCUT2D eigenvalue weighted by atomic mass is 10.1. The van der Waals surface area contributed by atoms with Crippen LogP contribution in [0.2, 0.25) is 5.02 Å². The zero-order chi connectivity index (χ0) is 11.6. The number of hydrogen-bond acceptors (Lipinski definition) is 3. The number of carboxylic acids is 1. The average Bonchev–Trinajstić information content (AvgIpc) is 2.20. The number of rotatable bonds is 3. The minimum atomic E-state index is -1.35. The Hall–Kier alpha value is -1.49. The number of carboxylic acid groups (broad SMARTS) is 1. The molecule has 1 N–H and O–H groups in total. The van der Waals surface area contributed by atoms with Gasteiger partial charge in [-0.15, -0.1) is 0 Å². The van der Waals surface area contributed by atoms with Gasteiger partial charge in [-0.1, -0.05) is 11.6 Å². The van der Waals surface area contributed by atoms with Crippen LogP contribution in [0.25, 0.3) is 0 Å². The largest absolute Gasteiger partial charge is 0.496 e. The minimum Gasteiger partial charge on any atom is -0.496 e. The first-order valence-corrected chi connectivity index (χ1v) is 4.24. The van der Waals surface area contributed by atoms with Gasteiger partial charge in [-0.2, -0.15) is 0 Å². The number of hydrogen-bond donors (Lipinski definition) is 1. The summed E-state index contributed by atoms with van der Waals surface area (Å²) in [5.74, 6) is -2.76. The molecule has 1 rings (SSSR count). The molecule has 0 bridgehead atoms. The highest BCUT2D eigenvalue weighted by Crippen LogP contribution is 2.36. The molecule has 0 unspecified atom stereocenters. The van der Waals surface area contributed by atoms with Crippen molar-refractivity contribution in [2.24, 2.45) is 0 Å². The Bertz CT molecular complexity index is 406. The number of ether oxygens (including phenoxy) is 2. The third-order valence-corrected chi connectivity index (χ3v) is 2.05. The van der Waals surface area contributed by atoms with Gasteiger partial charge in [0, 0.05) is 6.07 Å². The fourth-order valence-corrected chi connectivity index (χ4v) is 1.32. The van der Waals surface area contributed by atoms with Gasteiger partial charge in [-0.3, -0.25) is 0 Å². The molecule has 1 aromatic carbocycles. The lowest BCUT2D eigenvalue weighted by molar-refractivity contribution is 0.0688. The van der Waals surface area contributed by atoms with E-state index in [0.29, 0.717) is 0 Å². The molecule has 0 heterocycles. The van der Waals surface area contributed by atoms with Gasteiger partial charge in [0.25, 0.3) is 0 Å². The monoisotopic (exact) mass is 234 g/mol. The molecule has 1 aromatic rings. The van der Waals surface area contributed by atoms with E-state index in [0.717, 1.165) is 13.2 Å². The molecule has 0 spiro atoms. The third kappa shape index (κ3) is 1.97.